The van der Waals surface area contributed by atoms with Crippen LogP contribution < -0.4 is 21.3 Å². The van der Waals surface area contributed by atoms with Gasteiger partial charge in [-0.2, -0.15) is 0 Å². The van der Waals surface area contributed by atoms with E-state index in [-0.39, 0.29) is 29.1 Å². The Kier molecular flexibility index (Phi) is 14.9. The molecule has 1 aromatic rings. The Morgan fingerprint density at radius 2 is 1.86 bits per heavy atom. The smallest absolute Gasteiger partial charge is 0.409 e. The molecule has 0 aromatic heterocycles. The highest BCUT2D eigenvalue weighted by atomic mass is 35.5. The third-order valence-corrected chi connectivity index (χ3v) is 10.0. The molecule has 4 rings (SSSR count). The molecule has 3 aliphatic heterocycles. The van der Waals surface area contributed by atoms with Crippen LogP contribution in [0.2, 0.25) is 5.02 Å². The number of hydrogen-bond donors (Lipinski definition) is 7. The Hall–Kier alpha value is -4.92. The quantitative estimate of drug-likeness (QED) is 0.122. The van der Waals surface area contributed by atoms with Gasteiger partial charge < -0.3 is 59.9 Å². The predicted octanol–water partition coefficient (Wildman–Crippen LogP) is 1.81. The molecule has 8 N–H and O–H groups in total. The maximum atomic E-state index is 14.7. The van der Waals surface area contributed by atoms with Crippen LogP contribution in [0, 0.1) is 5.92 Å². The number of amides is 4. The number of anilines is 1. The van der Waals surface area contributed by atoms with E-state index in [1.807, 2.05) is 0 Å². The number of aliphatic hydroxyl groups excluding tert-OH is 2. The normalized spacial score (nSPS) is 33.6. The molecule has 2 saturated heterocycles. The standard InChI is InChI=1S/C37H49ClN4O15/c1-17-8-7-9-27(52-6)37(51)15-25(56-36(50)41-37)19(3)11-18(2)24(55-35(49)40-5)14-28(45)42(22-12-21(10-17)13-23(44)29(22)38)33-31(47)30(46)32(57-34(39)48)26(54-33)16-53-20(4)43/h7-9,11-13,19,24-27,30-33,44,46-47,51H,10,14-16H2,1-6H3,(H2,39,48)(H,40,49)(H,41,50)/b9-7+,17-8+,18-11+/t19-,24-,25-,26+,27+,30+,31+,32+,33+,37-/m0/s1. The van der Waals surface area contributed by atoms with E-state index >= 15 is 0 Å². The summed E-state index contributed by atoms with van der Waals surface area (Å²) in [4.78, 5) is 64.6. The first-order chi connectivity index (χ1) is 26.8. The van der Waals surface area contributed by atoms with Gasteiger partial charge in [-0.3, -0.25) is 19.8 Å². The number of carbonyl (C=O) groups is 5. The molecule has 0 spiro atoms. The molecule has 4 bridgehead atoms. The topological polar surface area (TPSA) is 275 Å². The van der Waals surface area contributed by atoms with Crippen molar-refractivity contribution < 1.29 is 72.8 Å². The highest BCUT2D eigenvalue weighted by molar-refractivity contribution is 6.35. The lowest BCUT2D eigenvalue weighted by molar-refractivity contribution is -0.230. The number of hydrogen-bond acceptors (Lipinski definition) is 15. The zero-order chi connectivity index (χ0) is 42.4. The molecule has 314 valence electrons. The third-order valence-electron chi connectivity index (χ3n) is 9.64. The molecule has 57 heavy (non-hydrogen) atoms. The highest BCUT2D eigenvalue weighted by Gasteiger charge is 2.51. The summed E-state index contributed by atoms with van der Waals surface area (Å²) < 4.78 is 32.9. The van der Waals surface area contributed by atoms with Crippen LogP contribution in [0.5, 0.6) is 5.75 Å². The monoisotopic (exact) mass is 824 g/mol. The van der Waals surface area contributed by atoms with Crippen molar-refractivity contribution in [3.63, 3.8) is 0 Å². The van der Waals surface area contributed by atoms with Crippen LogP contribution in [-0.4, -0.2) is 126 Å². The van der Waals surface area contributed by atoms with Gasteiger partial charge in [0.15, 0.2) is 18.1 Å². The predicted molar refractivity (Wildman–Crippen MR) is 200 cm³/mol. The fourth-order valence-corrected chi connectivity index (χ4v) is 7.02. The number of methoxy groups -OCH3 is 1. The number of nitrogens with zero attached hydrogens (tertiary/aromatic N) is 1. The number of rotatable bonds is 6. The maximum absolute atomic E-state index is 14.7. The molecule has 3 aliphatic rings. The van der Waals surface area contributed by atoms with Gasteiger partial charge in [0.25, 0.3) is 0 Å². The summed E-state index contributed by atoms with van der Waals surface area (Å²) in [6.45, 7) is 5.44. The summed E-state index contributed by atoms with van der Waals surface area (Å²) in [5.74, 6) is -2.84. The average Bonchev–Trinajstić information content (AvgIpc) is 3.12. The lowest BCUT2D eigenvalue weighted by Gasteiger charge is -2.46. The summed E-state index contributed by atoms with van der Waals surface area (Å²) in [6, 6.07) is 2.77. The van der Waals surface area contributed by atoms with Gasteiger partial charge in [0.05, 0.1) is 12.1 Å². The molecule has 4 amide bonds. The number of carbonyl (C=O) groups excluding carboxylic acids is 5. The molecular weight excluding hydrogens is 776 g/mol. The van der Waals surface area contributed by atoms with E-state index in [1.165, 1.54) is 26.3 Å². The number of esters is 1. The molecule has 20 heteroatoms. The number of alkyl carbamates (subject to hydrolysis) is 2. The van der Waals surface area contributed by atoms with Crippen molar-refractivity contribution >= 4 is 47.4 Å². The summed E-state index contributed by atoms with van der Waals surface area (Å²) in [6.07, 6.45) is -9.89. The maximum Gasteiger partial charge on any atom is 0.409 e. The minimum absolute atomic E-state index is 0.138. The first-order valence-corrected chi connectivity index (χ1v) is 18.2. The molecule has 0 saturated carbocycles. The molecule has 19 nitrogen and oxygen atoms in total. The first kappa shape index (κ1) is 44.8. The van der Waals surface area contributed by atoms with Crippen molar-refractivity contribution in [1.82, 2.24) is 10.6 Å². The molecule has 1 aromatic carbocycles. The molecule has 3 heterocycles. The highest BCUT2D eigenvalue weighted by Crippen LogP contribution is 2.40. The van der Waals surface area contributed by atoms with Gasteiger partial charge in [-0.05, 0) is 43.5 Å². The van der Waals surface area contributed by atoms with Crippen molar-refractivity contribution in [1.29, 1.82) is 0 Å². The van der Waals surface area contributed by atoms with E-state index in [2.05, 4.69) is 10.6 Å². The van der Waals surface area contributed by atoms with Crippen LogP contribution in [0.25, 0.3) is 0 Å². The number of benzene rings is 1. The van der Waals surface area contributed by atoms with Crippen molar-refractivity contribution in [3.05, 3.63) is 58.2 Å². The number of aliphatic hydroxyl groups is 3. The second-order valence-corrected chi connectivity index (χ2v) is 14.4. The Balaban J connectivity index is 1.93. The number of halogens is 1. The Labute approximate surface area is 333 Å². The second kappa shape index (κ2) is 19.0. The van der Waals surface area contributed by atoms with Crippen LogP contribution >= 0.6 is 11.6 Å². The van der Waals surface area contributed by atoms with Gasteiger partial charge in [0, 0.05) is 33.4 Å². The number of aromatic hydroxyl groups is 1. The van der Waals surface area contributed by atoms with E-state index in [0.29, 0.717) is 11.1 Å². The Morgan fingerprint density at radius 1 is 1.16 bits per heavy atom. The molecule has 2 fully saturated rings. The zero-order valence-electron chi connectivity index (χ0n) is 32.2. The lowest BCUT2D eigenvalue weighted by atomic mass is 9.89. The second-order valence-electron chi connectivity index (χ2n) is 14.0. The lowest BCUT2D eigenvalue weighted by Crippen LogP contribution is -2.65. The van der Waals surface area contributed by atoms with Gasteiger partial charge in [0.2, 0.25) is 5.91 Å². The van der Waals surface area contributed by atoms with Crippen LogP contribution in [0.4, 0.5) is 20.1 Å². The van der Waals surface area contributed by atoms with Crippen LogP contribution in [-0.2, 0) is 44.4 Å². The van der Waals surface area contributed by atoms with E-state index in [9.17, 15) is 44.4 Å². The van der Waals surface area contributed by atoms with E-state index < -0.39 is 110 Å². The fraction of sp³-hybridized carbons (Fsp3) is 0.541. The molecule has 0 aliphatic carbocycles. The van der Waals surface area contributed by atoms with Gasteiger partial charge in [-0.25, -0.2) is 14.4 Å². The molecule has 0 unspecified atom stereocenters. The number of phenolic OH excluding ortho intramolecular Hbond substituents is 1. The van der Waals surface area contributed by atoms with Gasteiger partial charge in [0.1, 0.15) is 54.0 Å². The SMILES string of the molecule is CNC(=O)O[C@H]1CC(=O)N([C@@H]2O[C@H](COC(C)=O)[C@@H](OC(N)=O)[C@H](O)[C@H]2O)c2cc(cc(O)c2Cl)C/C(C)=C/C=C/[C@@H](OC)[C@@]2(O)C[C@H](OC(=O)N2)[C@@H](C)/C=C/1C. The Morgan fingerprint density at radius 3 is 2.49 bits per heavy atom. The van der Waals surface area contributed by atoms with Gasteiger partial charge in [-0.15, -0.1) is 0 Å². The minimum atomic E-state index is -2.06. The van der Waals surface area contributed by atoms with Crippen LogP contribution in [0.1, 0.15) is 46.1 Å². The van der Waals surface area contributed by atoms with Crippen molar-refractivity contribution in [3.8, 4) is 5.75 Å². The molecule has 0 radical (unpaired) electrons. The number of allylic oxidation sites excluding steroid dienone is 3. The summed E-state index contributed by atoms with van der Waals surface area (Å²) in [7, 11) is 2.66. The largest absolute Gasteiger partial charge is 0.506 e. The summed E-state index contributed by atoms with van der Waals surface area (Å²) in [5.41, 5.74) is 4.47. The number of phenols is 1. The number of primary amides is 1. The van der Waals surface area contributed by atoms with E-state index in [0.717, 1.165) is 11.8 Å². The third kappa shape index (κ3) is 10.9. The summed E-state index contributed by atoms with van der Waals surface area (Å²) in [5, 5.41) is 49.9. The zero-order valence-corrected chi connectivity index (χ0v) is 32.9. The fourth-order valence-electron chi connectivity index (χ4n) is 6.82. The van der Waals surface area contributed by atoms with Crippen LogP contribution in [0.3, 0.4) is 0 Å². The van der Waals surface area contributed by atoms with Crippen molar-refractivity contribution in [2.75, 3.05) is 25.7 Å². The van der Waals surface area contributed by atoms with E-state index in [1.54, 1.807) is 45.1 Å². The number of nitrogens with one attached hydrogen (secondary N) is 2. The Bertz CT molecular complexity index is 1790. The van der Waals surface area contributed by atoms with Crippen LogP contribution in [0.15, 0.2) is 47.6 Å². The van der Waals surface area contributed by atoms with Gasteiger partial charge in [-0.1, -0.05) is 48.4 Å². The number of nitrogens with two attached hydrogens (primary N) is 1. The first-order valence-electron chi connectivity index (χ1n) is 17.9. The molecule has 10 atom stereocenters. The van der Waals surface area contributed by atoms with Crippen molar-refractivity contribution in [2.24, 2.45) is 11.7 Å². The van der Waals surface area contributed by atoms with Crippen molar-refractivity contribution in [2.45, 2.75) is 102 Å². The van der Waals surface area contributed by atoms with E-state index in [4.69, 9.17) is 45.8 Å². The summed E-state index contributed by atoms with van der Waals surface area (Å²) >= 11 is 6.68. The number of ether oxygens (including phenoxy) is 6. The average molecular weight is 825 g/mol. The molecular formula is C37H49ClN4O15. The number of fused-ring (bicyclic) bond motifs is 4. The minimum Gasteiger partial charge on any atom is -0.506 e. The van der Waals surface area contributed by atoms with Gasteiger partial charge >= 0.3 is 24.2 Å².